The lowest BCUT2D eigenvalue weighted by molar-refractivity contribution is -0.120. The Labute approximate surface area is 274 Å². The lowest BCUT2D eigenvalue weighted by Crippen LogP contribution is -2.44. The standard InChI is InChI=1S/C36H43IN2O5/c1-9-39-25-15-35(4,5)17-27(40)32(25)31(33-26(39)16-36(6,7)18-28(33)41)22-13-23(37)34(29(14-22)43-8)44-19-30(42)38-24-11-10-20(2)12-21(24)3/h10-14,31H,9,15-19H2,1-8H3,(H,38,42). The fourth-order valence-electron chi connectivity index (χ4n) is 7.09. The van der Waals surface area contributed by atoms with Crippen LogP contribution in [-0.4, -0.2) is 42.6 Å². The van der Waals surface area contributed by atoms with Gasteiger partial charge in [0.15, 0.2) is 29.7 Å². The molecule has 2 aliphatic carbocycles. The molecule has 0 fully saturated rings. The van der Waals surface area contributed by atoms with E-state index < -0.39 is 5.92 Å². The van der Waals surface area contributed by atoms with Gasteiger partial charge in [-0.2, -0.15) is 0 Å². The molecule has 44 heavy (non-hydrogen) atoms. The second-order valence-electron chi connectivity index (χ2n) is 14.0. The van der Waals surface area contributed by atoms with Crippen LogP contribution in [-0.2, 0) is 14.4 Å². The quantitative estimate of drug-likeness (QED) is 0.298. The number of rotatable bonds is 7. The SMILES string of the molecule is CCN1C2=C(C(=O)CC(C)(C)C2)C(c2cc(I)c(OCC(=O)Nc3ccc(C)cc3C)c(OC)c2)C2=C1CC(C)(C)CC2=O. The van der Waals surface area contributed by atoms with Crippen LogP contribution in [0, 0.1) is 28.2 Å². The smallest absolute Gasteiger partial charge is 0.262 e. The predicted molar refractivity (Wildman–Crippen MR) is 181 cm³/mol. The zero-order valence-electron chi connectivity index (χ0n) is 27.1. The van der Waals surface area contributed by atoms with Crippen LogP contribution in [0.4, 0.5) is 5.69 Å². The van der Waals surface area contributed by atoms with E-state index in [0.717, 1.165) is 61.3 Å². The number of anilines is 1. The summed E-state index contributed by atoms with van der Waals surface area (Å²) < 4.78 is 12.6. The van der Waals surface area contributed by atoms with E-state index in [1.54, 1.807) is 7.11 Å². The minimum atomic E-state index is -0.473. The first-order valence-corrected chi connectivity index (χ1v) is 16.4. The molecule has 7 nitrogen and oxygen atoms in total. The van der Waals surface area contributed by atoms with Crippen molar-refractivity contribution in [1.82, 2.24) is 4.90 Å². The van der Waals surface area contributed by atoms with Gasteiger partial charge in [0.2, 0.25) is 0 Å². The normalized spacial score (nSPS) is 19.5. The molecule has 5 rings (SSSR count). The van der Waals surface area contributed by atoms with Crippen molar-refractivity contribution in [2.75, 3.05) is 25.6 Å². The van der Waals surface area contributed by atoms with E-state index in [0.29, 0.717) is 30.9 Å². The minimum absolute atomic E-state index is 0.0984. The van der Waals surface area contributed by atoms with Crippen LogP contribution in [0.1, 0.15) is 82.9 Å². The number of ether oxygens (including phenoxy) is 2. The Morgan fingerprint density at radius 2 is 1.55 bits per heavy atom. The highest BCUT2D eigenvalue weighted by Gasteiger charge is 2.48. The molecule has 2 aromatic carbocycles. The van der Waals surface area contributed by atoms with Crippen molar-refractivity contribution in [2.24, 2.45) is 10.8 Å². The topological polar surface area (TPSA) is 84.9 Å². The second-order valence-corrected chi connectivity index (χ2v) is 15.1. The molecule has 0 unspecified atom stereocenters. The van der Waals surface area contributed by atoms with Crippen molar-refractivity contribution in [3.63, 3.8) is 0 Å². The summed E-state index contributed by atoms with van der Waals surface area (Å²) in [5.41, 5.74) is 6.90. The molecule has 0 atom stereocenters. The number of nitrogens with one attached hydrogen (secondary N) is 1. The molecule has 1 N–H and O–H groups in total. The van der Waals surface area contributed by atoms with Gasteiger partial charge in [-0.1, -0.05) is 45.4 Å². The van der Waals surface area contributed by atoms with E-state index in [-0.39, 0.29) is 34.9 Å². The third kappa shape index (κ3) is 6.19. The Morgan fingerprint density at radius 1 is 0.955 bits per heavy atom. The number of carbonyl (C=O) groups excluding carboxylic acids is 3. The highest BCUT2D eigenvalue weighted by atomic mass is 127. The van der Waals surface area contributed by atoms with Crippen molar-refractivity contribution in [3.8, 4) is 11.5 Å². The van der Waals surface area contributed by atoms with Gasteiger partial charge in [-0.25, -0.2) is 0 Å². The second kappa shape index (κ2) is 12.0. The molecule has 0 bridgehead atoms. The number of hydrogen-bond donors (Lipinski definition) is 1. The average molecular weight is 711 g/mol. The van der Waals surface area contributed by atoms with Crippen LogP contribution < -0.4 is 14.8 Å². The Balaban J connectivity index is 1.54. The van der Waals surface area contributed by atoms with Crippen molar-refractivity contribution in [2.45, 2.75) is 80.1 Å². The first-order chi connectivity index (χ1) is 20.6. The molecule has 0 spiro atoms. The average Bonchev–Trinajstić information content (AvgIpc) is 2.91. The predicted octanol–water partition coefficient (Wildman–Crippen LogP) is 7.64. The van der Waals surface area contributed by atoms with Gasteiger partial charge in [-0.15, -0.1) is 0 Å². The first-order valence-electron chi connectivity index (χ1n) is 15.3. The van der Waals surface area contributed by atoms with E-state index in [9.17, 15) is 14.4 Å². The maximum Gasteiger partial charge on any atom is 0.262 e. The third-order valence-electron chi connectivity index (χ3n) is 8.93. The van der Waals surface area contributed by atoms with Crippen molar-refractivity contribution >= 4 is 45.8 Å². The summed E-state index contributed by atoms with van der Waals surface area (Å²) in [6, 6.07) is 9.71. The number of amides is 1. The molecule has 0 saturated heterocycles. The van der Waals surface area contributed by atoms with Crippen LogP contribution in [0.15, 0.2) is 52.9 Å². The number of hydrogen-bond acceptors (Lipinski definition) is 6. The van der Waals surface area contributed by atoms with Gasteiger partial charge in [0.05, 0.1) is 10.7 Å². The third-order valence-corrected chi connectivity index (χ3v) is 9.73. The number of methoxy groups -OCH3 is 1. The van der Waals surface area contributed by atoms with Crippen molar-refractivity contribution in [1.29, 1.82) is 0 Å². The summed E-state index contributed by atoms with van der Waals surface area (Å²) >= 11 is 2.19. The molecule has 1 aliphatic heterocycles. The zero-order valence-corrected chi connectivity index (χ0v) is 29.2. The molecular weight excluding hydrogens is 667 g/mol. The highest BCUT2D eigenvalue weighted by molar-refractivity contribution is 14.1. The molecule has 3 aliphatic rings. The van der Waals surface area contributed by atoms with E-state index >= 15 is 0 Å². The Kier molecular flexibility index (Phi) is 8.79. The largest absolute Gasteiger partial charge is 0.493 e. The molecule has 1 heterocycles. The number of allylic oxidation sites excluding steroid dienone is 4. The first kappa shape index (κ1) is 32.3. The number of aryl methyl sites for hydroxylation is 2. The van der Waals surface area contributed by atoms with Gasteiger partial charge in [0, 0.05) is 53.5 Å². The molecule has 2 aromatic rings. The maximum atomic E-state index is 14.0. The van der Waals surface area contributed by atoms with Gasteiger partial charge < -0.3 is 19.7 Å². The Hall–Kier alpha value is -3.14. The van der Waals surface area contributed by atoms with Gasteiger partial charge >= 0.3 is 0 Å². The van der Waals surface area contributed by atoms with E-state index in [2.05, 4.69) is 67.4 Å². The minimum Gasteiger partial charge on any atom is -0.493 e. The molecule has 0 radical (unpaired) electrons. The van der Waals surface area contributed by atoms with Crippen molar-refractivity contribution < 1.29 is 23.9 Å². The fourth-order valence-corrected chi connectivity index (χ4v) is 7.87. The summed E-state index contributed by atoms with van der Waals surface area (Å²) in [7, 11) is 1.56. The van der Waals surface area contributed by atoms with Crippen molar-refractivity contribution in [3.05, 3.63) is 73.1 Å². The van der Waals surface area contributed by atoms with Gasteiger partial charge in [-0.05, 0) is 96.4 Å². The number of benzene rings is 2. The molecule has 0 saturated carbocycles. The van der Waals surface area contributed by atoms with E-state index in [1.165, 1.54) is 0 Å². The van der Waals surface area contributed by atoms with Crippen LogP contribution in [0.5, 0.6) is 11.5 Å². The molecule has 0 aromatic heterocycles. The summed E-state index contributed by atoms with van der Waals surface area (Å²) in [5.74, 6) is 0.359. The van der Waals surface area contributed by atoms with E-state index in [4.69, 9.17) is 9.47 Å². The number of Topliss-reactive ketones (excluding diaryl/α,β-unsaturated/α-hetero) is 2. The summed E-state index contributed by atoms with van der Waals surface area (Å²) in [6.45, 7) is 15.2. The molecule has 234 valence electrons. The number of carbonyl (C=O) groups is 3. The van der Waals surface area contributed by atoms with E-state index in [1.807, 2.05) is 44.2 Å². The number of nitrogens with zero attached hydrogens (tertiary/aromatic N) is 1. The number of ketones is 2. The number of halogens is 1. The lowest BCUT2D eigenvalue weighted by atomic mass is 9.63. The summed E-state index contributed by atoms with van der Waals surface area (Å²) in [4.78, 5) is 43.0. The molecular formula is C36H43IN2O5. The molecule has 8 heteroatoms. The Bertz CT molecular complexity index is 1560. The van der Waals surface area contributed by atoms with Gasteiger partial charge in [0.1, 0.15) is 0 Å². The maximum absolute atomic E-state index is 14.0. The van der Waals surface area contributed by atoms with Crippen LogP contribution in [0.3, 0.4) is 0 Å². The Morgan fingerprint density at radius 3 is 2.07 bits per heavy atom. The van der Waals surface area contributed by atoms with Gasteiger partial charge in [-0.3, -0.25) is 14.4 Å². The lowest BCUT2D eigenvalue weighted by Gasteiger charge is -2.49. The summed E-state index contributed by atoms with van der Waals surface area (Å²) in [6.07, 6.45) is 2.42. The highest BCUT2D eigenvalue weighted by Crippen LogP contribution is 2.55. The fraction of sp³-hybridized carbons (Fsp3) is 0.472. The summed E-state index contributed by atoms with van der Waals surface area (Å²) in [5, 5.41) is 2.92. The molecule has 1 amide bonds. The van der Waals surface area contributed by atoms with Gasteiger partial charge in [0.25, 0.3) is 5.91 Å². The van der Waals surface area contributed by atoms with Crippen LogP contribution >= 0.6 is 22.6 Å². The zero-order chi connectivity index (χ0) is 32.1. The van der Waals surface area contributed by atoms with Crippen LogP contribution in [0.2, 0.25) is 0 Å². The monoisotopic (exact) mass is 710 g/mol. The van der Waals surface area contributed by atoms with Crippen LogP contribution in [0.25, 0.3) is 0 Å².